The van der Waals surface area contributed by atoms with Crippen LogP contribution in [0.15, 0.2) is 12.4 Å². The number of aromatic nitrogens is 2. The zero-order valence-corrected chi connectivity index (χ0v) is 5.82. The van der Waals surface area contributed by atoms with Crippen molar-refractivity contribution in [3.8, 4) is 18.2 Å². The van der Waals surface area contributed by atoms with Crippen LogP contribution < -0.4 is 10.5 Å². The number of nitrogens with zero attached hydrogens (tertiary/aromatic N) is 2. The lowest BCUT2D eigenvalue weighted by Gasteiger charge is -1.98. The molecule has 1 aromatic rings. The highest BCUT2D eigenvalue weighted by atomic mass is 16.5. The van der Waals surface area contributed by atoms with Gasteiger partial charge in [0.1, 0.15) is 5.82 Å². The number of ether oxygens (including phenoxy) is 1. The van der Waals surface area contributed by atoms with Crippen molar-refractivity contribution >= 4 is 5.82 Å². The maximum absolute atomic E-state index is 5.29. The fraction of sp³-hybridized carbons (Fsp3) is 0.143. The number of nitrogen functional groups attached to an aromatic ring is 1. The lowest BCUT2D eigenvalue weighted by molar-refractivity contribution is 0.354. The van der Waals surface area contributed by atoms with Crippen molar-refractivity contribution in [2.75, 3.05) is 12.3 Å². The van der Waals surface area contributed by atoms with Gasteiger partial charge in [0, 0.05) is 0 Å². The van der Waals surface area contributed by atoms with Crippen molar-refractivity contribution in [1.29, 1.82) is 0 Å². The number of nitrogens with two attached hydrogens (primary N) is 1. The van der Waals surface area contributed by atoms with Crippen LogP contribution in [0.3, 0.4) is 0 Å². The summed E-state index contributed by atoms with van der Waals surface area (Å²) in [7, 11) is 0. The second-order valence-electron chi connectivity index (χ2n) is 1.77. The number of hydrogen-bond acceptors (Lipinski definition) is 4. The van der Waals surface area contributed by atoms with Gasteiger partial charge >= 0.3 is 0 Å². The zero-order chi connectivity index (χ0) is 8.10. The van der Waals surface area contributed by atoms with Crippen LogP contribution in [0.2, 0.25) is 0 Å². The molecule has 4 heteroatoms. The molecular formula is C7H7N3O. The molecule has 0 radical (unpaired) electrons. The third kappa shape index (κ3) is 2.14. The predicted octanol–water partition coefficient (Wildman–Crippen LogP) is 0.0708. The molecule has 56 valence electrons. The maximum atomic E-state index is 5.29. The van der Waals surface area contributed by atoms with Crippen molar-refractivity contribution in [3.05, 3.63) is 12.4 Å². The molecule has 0 aliphatic rings. The first-order chi connectivity index (χ1) is 5.33. The minimum Gasteiger partial charge on any atom is -0.463 e. The largest absolute Gasteiger partial charge is 0.463 e. The van der Waals surface area contributed by atoms with Gasteiger partial charge in [0.25, 0.3) is 0 Å². The summed E-state index contributed by atoms with van der Waals surface area (Å²) in [6.07, 6.45) is 7.79. The molecule has 11 heavy (non-hydrogen) atoms. The third-order valence-electron chi connectivity index (χ3n) is 0.952. The summed E-state index contributed by atoms with van der Waals surface area (Å²) in [5.74, 6) is 3.06. The van der Waals surface area contributed by atoms with Gasteiger partial charge in [0.05, 0.1) is 12.4 Å². The van der Waals surface area contributed by atoms with E-state index in [1.165, 1.54) is 12.4 Å². The van der Waals surface area contributed by atoms with Crippen molar-refractivity contribution in [2.45, 2.75) is 0 Å². The summed E-state index contributed by atoms with van der Waals surface area (Å²) in [6, 6.07) is 0. The van der Waals surface area contributed by atoms with E-state index in [1.807, 2.05) is 0 Å². The van der Waals surface area contributed by atoms with Gasteiger partial charge in [0.2, 0.25) is 5.88 Å². The van der Waals surface area contributed by atoms with E-state index < -0.39 is 0 Å². The molecule has 0 saturated heterocycles. The lowest BCUT2D eigenvalue weighted by atomic mass is 10.6. The molecule has 1 aromatic heterocycles. The van der Waals surface area contributed by atoms with Crippen LogP contribution in [0.25, 0.3) is 0 Å². The molecule has 4 nitrogen and oxygen atoms in total. The van der Waals surface area contributed by atoms with Crippen LogP contribution >= 0.6 is 0 Å². The average molecular weight is 149 g/mol. The molecule has 0 aliphatic carbocycles. The average Bonchev–Trinajstić information content (AvgIpc) is 2.04. The lowest BCUT2D eigenvalue weighted by Crippen LogP contribution is -1.98. The van der Waals surface area contributed by atoms with Crippen molar-refractivity contribution in [3.63, 3.8) is 0 Å². The van der Waals surface area contributed by atoms with Crippen LogP contribution in [0, 0.1) is 12.3 Å². The van der Waals surface area contributed by atoms with E-state index in [0.29, 0.717) is 11.7 Å². The summed E-state index contributed by atoms with van der Waals surface area (Å²) in [4.78, 5) is 7.56. The Morgan fingerprint density at radius 3 is 2.91 bits per heavy atom. The highest BCUT2D eigenvalue weighted by Gasteiger charge is 1.92. The summed E-state index contributed by atoms with van der Waals surface area (Å²) in [5, 5.41) is 0. The van der Waals surface area contributed by atoms with Gasteiger partial charge < -0.3 is 10.5 Å². The molecule has 1 heterocycles. The molecule has 0 fully saturated rings. The third-order valence-corrected chi connectivity index (χ3v) is 0.952. The molecule has 0 aliphatic heterocycles. The normalized spacial score (nSPS) is 8.64. The molecule has 1 rings (SSSR count). The van der Waals surface area contributed by atoms with Crippen molar-refractivity contribution < 1.29 is 4.74 Å². The monoisotopic (exact) mass is 149 g/mol. The molecule has 0 saturated carbocycles. The Bertz CT molecular complexity index is 262. The Labute approximate surface area is 64.4 Å². The Balaban J connectivity index is 2.60. The Morgan fingerprint density at radius 1 is 1.55 bits per heavy atom. The Kier molecular flexibility index (Phi) is 2.28. The van der Waals surface area contributed by atoms with Gasteiger partial charge in [-0.25, -0.2) is 9.97 Å². The van der Waals surface area contributed by atoms with E-state index in [9.17, 15) is 0 Å². The standard InChI is InChI=1S/C7H7N3O/c1-2-3-11-7-5-9-6(8)4-10-7/h1,4-5H,3H2,(H2,8,9). The highest BCUT2D eigenvalue weighted by Crippen LogP contribution is 2.03. The van der Waals surface area contributed by atoms with E-state index in [-0.39, 0.29) is 6.61 Å². The number of hydrogen-bond donors (Lipinski definition) is 1. The molecule has 0 atom stereocenters. The van der Waals surface area contributed by atoms with Crippen LogP contribution in [0.5, 0.6) is 5.88 Å². The topological polar surface area (TPSA) is 61.0 Å². The van der Waals surface area contributed by atoms with Crippen molar-refractivity contribution in [2.24, 2.45) is 0 Å². The molecular weight excluding hydrogens is 142 g/mol. The highest BCUT2D eigenvalue weighted by molar-refractivity contribution is 5.24. The van der Waals surface area contributed by atoms with E-state index in [4.69, 9.17) is 16.9 Å². The number of anilines is 1. The summed E-state index contributed by atoms with van der Waals surface area (Å²) in [5.41, 5.74) is 5.29. The first kappa shape index (κ1) is 7.35. The molecule has 2 N–H and O–H groups in total. The molecule has 0 bridgehead atoms. The molecule has 0 unspecified atom stereocenters. The van der Waals surface area contributed by atoms with Crippen LogP contribution in [-0.2, 0) is 0 Å². The molecule has 0 spiro atoms. The van der Waals surface area contributed by atoms with Crippen molar-refractivity contribution in [1.82, 2.24) is 9.97 Å². The second-order valence-corrected chi connectivity index (χ2v) is 1.77. The van der Waals surface area contributed by atoms with Crippen LogP contribution in [-0.4, -0.2) is 16.6 Å². The first-order valence-electron chi connectivity index (χ1n) is 2.96. The van der Waals surface area contributed by atoms with E-state index in [2.05, 4.69) is 15.9 Å². The van der Waals surface area contributed by atoms with E-state index in [0.717, 1.165) is 0 Å². The van der Waals surface area contributed by atoms with Gasteiger partial charge in [0.15, 0.2) is 6.61 Å². The Hall–Kier alpha value is -1.76. The molecule has 0 amide bonds. The number of terminal acetylenes is 1. The maximum Gasteiger partial charge on any atom is 0.233 e. The second kappa shape index (κ2) is 3.42. The SMILES string of the molecule is C#CCOc1cnc(N)cn1. The molecule has 0 aromatic carbocycles. The van der Waals surface area contributed by atoms with Gasteiger partial charge in [-0.2, -0.15) is 0 Å². The smallest absolute Gasteiger partial charge is 0.233 e. The summed E-state index contributed by atoms with van der Waals surface area (Å²) in [6.45, 7) is 0.193. The first-order valence-corrected chi connectivity index (χ1v) is 2.96. The van der Waals surface area contributed by atoms with Gasteiger partial charge in [-0.15, -0.1) is 6.42 Å². The van der Waals surface area contributed by atoms with Gasteiger partial charge in [-0.1, -0.05) is 5.92 Å². The quantitative estimate of drug-likeness (QED) is 0.604. The fourth-order valence-electron chi connectivity index (χ4n) is 0.516. The predicted molar refractivity (Wildman–Crippen MR) is 40.8 cm³/mol. The van der Waals surface area contributed by atoms with Crippen LogP contribution in [0.1, 0.15) is 0 Å². The Morgan fingerprint density at radius 2 is 2.36 bits per heavy atom. The number of rotatable bonds is 2. The fourth-order valence-corrected chi connectivity index (χ4v) is 0.516. The minimum atomic E-state index is 0.193. The van der Waals surface area contributed by atoms with Gasteiger partial charge in [-0.05, 0) is 0 Å². The minimum absolute atomic E-state index is 0.193. The summed E-state index contributed by atoms with van der Waals surface area (Å²) < 4.78 is 4.94. The van der Waals surface area contributed by atoms with E-state index in [1.54, 1.807) is 0 Å². The van der Waals surface area contributed by atoms with Crippen LogP contribution in [0.4, 0.5) is 5.82 Å². The van der Waals surface area contributed by atoms with E-state index >= 15 is 0 Å². The van der Waals surface area contributed by atoms with Gasteiger partial charge in [-0.3, -0.25) is 0 Å². The zero-order valence-electron chi connectivity index (χ0n) is 5.82. The summed E-state index contributed by atoms with van der Waals surface area (Å²) >= 11 is 0.